The summed E-state index contributed by atoms with van der Waals surface area (Å²) < 4.78 is 0. The maximum atomic E-state index is 4.85. The van der Waals surface area contributed by atoms with Gasteiger partial charge in [-0.1, -0.05) is 72.8 Å². The Balaban J connectivity index is 1.68. The summed E-state index contributed by atoms with van der Waals surface area (Å²) in [6.07, 6.45) is 0. The Bertz CT molecular complexity index is 962. The average molecular weight is 368 g/mol. The van der Waals surface area contributed by atoms with Gasteiger partial charge in [-0.15, -0.1) is 0 Å². The molecule has 4 rings (SSSR count). The number of hydrogen-bond donors (Lipinski definition) is 2. The summed E-state index contributed by atoms with van der Waals surface area (Å²) in [5.74, 6) is 1.52. The van der Waals surface area contributed by atoms with E-state index >= 15 is 0 Å². The second kappa shape index (κ2) is 8.09. The van der Waals surface area contributed by atoms with Gasteiger partial charge in [-0.2, -0.15) is 0 Å². The van der Waals surface area contributed by atoms with Gasteiger partial charge >= 0.3 is 0 Å². The molecule has 4 heteroatoms. The highest BCUT2D eigenvalue weighted by Crippen LogP contribution is 2.28. The molecule has 0 aliphatic carbocycles. The number of anilines is 2. The van der Waals surface area contributed by atoms with Gasteiger partial charge in [-0.3, -0.25) is 0 Å². The lowest BCUT2D eigenvalue weighted by Crippen LogP contribution is -2.14. The third-order valence-corrected chi connectivity index (χ3v) is 4.88. The molecule has 0 bridgehead atoms. The van der Waals surface area contributed by atoms with Crippen molar-refractivity contribution in [3.63, 3.8) is 0 Å². The molecule has 0 fully saturated rings. The Hall–Kier alpha value is -3.40. The number of nitrogens with one attached hydrogen (secondary N) is 2. The molecule has 2 atom stereocenters. The first-order valence-corrected chi connectivity index (χ1v) is 9.60. The van der Waals surface area contributed by atoms with Gasteiger partial charge in [0.15, 0.2) is 11.6 Å². The van der Waals surface area contributed by atoms with Crippen LogP contribution in [0.1, 0.15) is 37.1 Å². The summed E-state index contributed by atoms with van der Waals surface area (Å²) >= 11 is 0. The van der Waals surface area contributed by atoms with E-state index in [9.17, 15) is 0 Å². The van der Waals surface area contributed by atoms with Crippen molar-refractivity contribution in [1.29, 1.82) is 0 Å². The van der Waals surface area contributed by atoms with Crippen LogP contribution in [0.15, 0.2) is 84.9 Å². The second-order valence-electron chi connectivity index (χ2n) is 6.96. The lowest BCUT2D eigenvalue weighted by Gasteiger charge is -2.21. The Morgan fingerprint density at radius 2 is 0.893 bits per heavy atom. The molecule has 1 heterocycles. The molecule has 0 amide bonds. The number of fused-ring (bicyclic) bond motifs is 1. The number of rotatable bonds is 6. The standard InChI is InChI=1S/C24H24N4/c1-17(19-11-5-3-6-12-19)25-23-24(26-18(2)20-13-7-4-8-14-20)28-22-16-10-9-15-21(22)27-23/h3-18H,1-2H3,(H,25,27)(H,26,28). The normalized spacial score (nSPS) is 13.1. The molecule has 4 aromatic rings. The Morgan fingerprint density at radius 3 is 1.29 bits per heavy atom. The zero-order valence-electron chi connectivity index (χ0n) is 16.1. The van der Waals surface area contributed by atoms with E-state index in [0.717, 1.165) is 22.7 Å². The number of para-hydroxylation sites is 2. The van der Waals surface area contributed by atoms with Gasteiger partial charge < -0.3 is 10.6 Å². The van der Waals surface area contributed by atoms with Crippen LogP contribution in [0, 0.1) is 0 Å². The number of nitrogens with zero attached hydrogens (tertiary/aromatic N) is 2. The molecule has 0 aliphatic rings. The SMILES string of the molecule is CC(Nc1nc2ccccc2nc1NC(C)c1ccccc1)c1ccccc1. The van der Waals surface area contributed by atoms with Gasteiger partial charge in [0.25, 0.3) is 0 Å². The lowest BCUT2D eigenvalue weighted by atomic mass is 10.1. The van der Waals surface area contributed by atoms with Crippen LogP contribution in [-0.4, -0.2) is 9.97 Å². The van der Waals surface area contributed by atoms with Gasteiger partial charge in [0.2, 0.25) is 0 Å². The van der Waals surface area contributed by atoms with Crippen molar-refractivity contribution in [3.8, 4) is 0 Å². The first-order valence-electron chi connectivity index (χ1n) is 9.60. The van der Waals surface area contributed by atoms with Crippen LogP contribution in [0.2, 0.25) is 0 Å². The molecule has 0 radical (unpaired) electrons. The molecule has 2 N–H and O–H groups in total. The summed E-state index contributed by atoms with van der Waals surface area (Å²) in [4.78, 5) is 9.70. The topological polar surface area (TPSA) is 49.8 Å². The average Bonchev–Trinajstić information content (AvgIpc) is 2.75. The van der Waals surface area contributed by atoms with Gasteiger partial charge in [0.1, 0.15) is 0 Å². The summed E-state index contributed by atoms with van der Waals surface area (Å²) in [5.41, 5.74) is 4.17. The van der Waals surface area contributed by atoms with Crippen LogP contribution in [0.4, 0.5) is 11.6 Å². The highest BCUT2D eigenvalue weighted by atomic mass is 15.1. The molecule has 0 aliphatic heterocycles. The molecule has 1 aromatic heterocycles. The zero-order chi connectivity index (χ0) is 19.3. The fourth-order valence-electron chi connectivity index (χ4n) is 3.26. The summed E-state index contributed by atoms with van der Waals surface area (Å²) in [5, 5.41) is 7.08. The minimum Gasteiger partial charge on any atom is -0.360 e. The van der Waals surface area contributed by atoms with Crippen LogP contribution in [0.5, 0.6) is 0 Å². The largest absolute Gasteiger partial charge is 0.360 e. The number of benzene rings is 3. The second-order valence-corrected chi connectivity index (χ2v) is 6.96. The summed E-state index contributed by atoms with van der Waals surface area (Å²) in [6.45, 7) is 4.27. The third kappa shape index (κ3) is 3.96. The first kappa shape index (κ1) is 18.0. The fraction of sp³-hybridized carbons (Fsp3) is 0.167. The lowest BCUT2D eigenvalue weighted by molar-refractivity contribution is 0.854. The maximum Gasteiger partial charge on any atom is 0.170 e. The van der Waals surface area contributed by atoms with E-state index < -0.39 is 0 Å². The van der Waals surface area contributed by atoms with Crippen molar-refractivity contribution in [2.75, 3.05) is 10.6 Å². The Morgan fingerprint density at radius 1 is 0.536 bits per heavy atom. The van der Waals surface area contributed by atoms with E-state index in [2.05, 4.69) is 73.0 Å². The Kier molecular flexibility index (Phi) is 5.20. The van der Waals surface area contributed by atoms with Crippen LogP contribution in [0.25, 0.3) is 11.0 Å². The molecule has 28 heavy (non-hydrogen) atoms. The molecule has 0 saturated heterocycles. The van der Waals surface area contributed by atoms with Gasteiger partial charge in [-0.25, -0.2) is 9.97 Å². The minimum atomic E-state index is 0.115. The number of hydrogen-bond acceptors (Lipinski definition) is 4. The van der Waals surface area contributed by atoms with Crippen LogP contribution < -0.4 is 10.6 Å². The van der Waals surface area contributed by atoms with Crippen LogP contribution in [0.3, 0.4) is 0 Å². The molecule has 140 valence electrons. The van der Waals surface area contributed by atoms with Gasteiger partial charge in [0, 0.05) is 0 Å². The van der Waals surface area contributed by atoms with Crippen molar-refractivity contribution < 1.29 is 0 Å². The highest BCUT2D eigenvalue weighted by molar-refractivity contribution is 5.80. The molecule has 2 unspecified atom stereocenters. The van der Waals surface area contributed by atoms with Gasteiger partial charge in [-0.05, 0) is 37.1 Å². The minimum absolute atomic E-state index is 0.115. The monoisotopic (exact) mass is 368 g/mol. The first-order chi connectivity index (χ1) is 13.7. The smallest absolute Gasteiger partial charge is 0.170 e. The molecule has 0 saturated carbocycles. The van der Waals surface area contributed by atoms with E-state index in [4.69, 9.17) is 9.97 Å². The van der Waals surface area contributed by atoms with Crippen LogP contribution >= 0.6 is 0 Å². The Labute approximate surface area is 165 Å². The van der Waals surface area contributed by atoms with Crippen molar-refractivity contribution in [2.24, 2.45) is 0 Å². The van der Waals surface area contributed by atoms with E-state index in [-0.39, 0.29) is 12.1 Å². The third-order valence-electron chi connectivity index (χ3n) is 4.88. The predicted octanol–water partition coefficient (Wildman–Crippen LogP) is 5.98. The van der Waals surface area contributed by atoms with Crippen molar-refractivity contribution in [2.45, 2.75) is 25.9 Å². The maximum absolute atomic E-state index is 4.85. The molecular formula is C24H24N4. The molecule has 4 nitrogen and oxygen atoms in total. The molecular weight excluding hydrogens is 344 g/mol. The molecule has 0 spiro atoms. The van der Waals surface area contributed by atoms with Crippen molar-refractivity contribution in [3.05, 3.63) is 96.1 Å². The highest BCUT2D eigenvalue weighted by Gasteiger charge is 2.15. The van der Waals surface area contributed by atoms with E-state index in [0.29, 0.717) is 0 Å². The van der Waals surface area contributed by atoms with Crippen molar-refractivity contribution in [1.82, 2.24) is 9.97 Å². The van der Waals surface area contributed by atoms with Crippen molar-refractivity contribution >= 4 is 22.7 Å². The van der Waals surface area contributed by atoms with Crippen LogP contribution in [-0.2, 0) is 0 Å². The summed E-state index contributed by atoms with van der Waals surface area (Å²) in [7, 11) is 0. The van der Waals surface area contributed by atoms with E-state index in [1.165, 1.54) is 11.1 Å². The van der Waals surface area contributed by atoms with Gasteiger partial charge in [0.05, 0.1) is 23.1 Å². The van der Waals surface area contributed by atoms with E-state index in [1.54, 1.807) is 0 Å². The number of aromatic nitrogens is 2. The zero-order valence-corrected chi connectivity index (χ0v) is 16.1. The van der Waals surface area contributed by atoms with E-state index in [1.807, 2.05) is 36.4 Å². The molecule has 3 aromatic carbocycles. The quantitative estimate of drug-likeness (QED) is 0.440. The summed E-state index contributed by atoms with van der Waals surface area (Å²) in [6, 6.07) is 28.9. The predicted molar refractivity (Wildman–Crippen MR) is 116 cm³/mol. The fourth-order valence-corrected chi connectivity index (χ4v) is 3.26.